The average Bonchev–Trinajstić information content (AvgIpc) is 2.32. The van der Waals surface area contributed by atoms with E-state index in [1.165, 1.54) is 0 Å². The molecule has 4 nitrogen and oxygen atoms in total. The number of rotatable bonds is 6. The van der Waals surface area contributed by atoms with Gasteiger partial charge in [0.05, 0.1) is 6.42 Å². The van der Waals surface area contributed by atoms with Gasteiger partial charge in [0.1, 0.15) is 0 Å². The van der Waals surface area contributed by atoms with Crippen LogP contribution in [-0.4, -0.2) is 23.2 Å². The predicted molar refractivity (Wildman–Crippen MR) is 73.1 cm³/mol. The van der Waals surface area contributed by atoms with Gasteiger partial charge in [-0.15, -0.1) is 0 Å². The maximum Gasteiger partial charge on any atom is 0.224 e. The van der Waals surface area contributed by atoms with Crippen LogP contribution >= 0.6 is 0 Å². The van der Waals surface area contributed by atoms with Gasteiger partial charge in [0.2, 0.25) is 5.91 Å². The van der Waals surface area contributed by atoms with Gasteiger partial charge in [-0.1, -0.05) is 25.1 Å². The number of anilines is 1. The number of hydrogen-bond acceptors (Lipinski definition) is 3. The van der Waals surface area contributed by atoms with Crippen molar-refractivity contribution >= 4 is 11.6 Å². The molecule has 0 radical (unpaired) electrons. The van der Waals surface area contributed by atoms with Crippen molar-refractivity contribution in [3.05, 3.63) is 29.8 Å². The molecule has 0 aliphatic carbocycles. The van der Waals surface area contributed by atoms with E-state index >= 15 is 0 Å². The summed E-state index contributed by atoms with van der Waals surface area (Å²) in [5, 5.41) is 12.0. The first-order chi connectivity index (χ1) is 8.50. The number of hydrogen-bond donors (Lipinski definition) is 3. The molecule has 4 N–H and O–H groups in total. The maximum atomic E-state index is 12.0. The summed E-state index contributed by atoms with van der Waals surface area (Å²) in [5.41, 5.74) is 6.92. The molecule has 0 aromatic heterocycles. The molecule has 0 bridgehead atoms. The molecule has 18 heavy (non-hydrogen) atoms. The highest BCUT2D eigenvalue weighted by Gasteiger charge is 2.23. The van der Waals surface area contributed by atoms with Gasteiger partial charge in [-0.2, -0.15) is 0 Å². The minimum absolute atomic E-state index is 0.0642. The van der Waals surface area contributed by atoms with Crippen molar-refractivity contribution in [2.45, 2.75) is 38.6 Å². The minimum Gasteiger partial charge on any atom is -0.398 e. The highest BCUT2D eigenvalue weighted by Crippen LogP contribution is 2.15. The number of para-hydroxylation sites is 1. The first kappa shape index (κ1) is 14.5. The molecule has 0 aliphatic heterocycles. The molecule has 0 saturated carbocycles. The molecule has 4 heteroatoms. The zero-order valence-corrected chi connectivity index (χ0v) is 11.1. The van der Waals surface area contributed by atoms with Crippen molar-refractivity contribution in [1.82, 2.24) is 5.32 Å². The smallest absolute Gasteiger partial charge is 0.224 e. The van der Waals surface area contributed by atoms with Gasteiger partial charge in [0.25, 0.3) is 0 Å². The van der Waals surface area contributed by atoms with Gasteiger partial charge in [-0.3, -0.25) is 4.79 Å². The van der Waals surface area contributed by atoms with E-state index in [0.717, 1.165) is 12.0 Å². The molecule has 100 valence electrons. The molecule has 1 aromatic carbocycles. The lowest BCUT2D eigenvalue weighted by Gasteiger charge is -2.29. The number of carbonyl (C=O) groups excluding carboxylic acids is 1. The molecule has 0 fully saturated rings. The number of nitrogens with two attached hydrogens (primary N) is 1. The summed E-state index contributed by atoms with van der Waals surface area (Å²) < 4.78 is 0. The molecule has 0 saturated heterocycles. The van der Waals surface area contributed by atoms with Gasteiger partial charge >= 0.3 is 0 Å². The third-order valence-corrected chi connectivity index (χ3v) is 3.29. The normalized spacial score (nSPS) is 13.9. The summed E-state index contributed by atoms with van der Waals surface area (Å²) in [6.45, 7) is 4.00. The summed E-state index contributed by atoms with van der Waals surface area (Å²) >= 11 is 0. The lowest BCUT2D eigenvalue weighted by molar-refractivity contribution is -0.122. The fraction of sp³-hybridized carbons (Fsp3) is 0.500. The lowest BCUT2D eigenvalue weighted by Crippen LogP contribution is -2.46. The van der Waals surface area contributed by atoms with E-state index in [-0.39, 0.29) is 24.5 Å². The molecule has 1 rings (SSSR count). The van der Waals surface area contributed by atoms with E-state index in [9.17, 15) is 4.79 Å². The van der Waals surface area contributed by atoms with Crippen LogP contribution in [0.3, 0.4) is 0 Å². The van der Waals surface area contributed by atoms with Crippen LogP contribution in [0.4, 0.5) is 5.69 Å². The Labute approximate surface area is 108 Å². The predicted octanol–water partition coefficient (Wildman–Crippen LogP) is 1.48. The van der Waals surface area contributed by atoms with Crippen molar-refractivity contribution in [1.29, 1.82) is 0 Å². The number of nitrogen functional groups attached to an aromatic ring is 1. The first-order valence-electron chi connectivity index (χ1n) is 6.26. The number of aliphatic hydroxyl groups excluding tert-OH is 1. The molecule has 0 spiro atoms. The summed E-state index contributed by atoms with van der Waals surface area (Å²) in [4.78, 5) is 12.0. The van der Waals surface area contributed by atoms with Crippen molar-refractivity contribution in [2.24, 2.45) is 0 Å². The first-order valence-corrected chi connectivity index (χ1v) is 6.26. The fourth-order valence-electron chi connectivity index (χ4n) is 1.82. The molecular formula is C14H22N2O2. The number of carbonyl (C=O) groups is 1. The summed E-state index contributed by atoms with van der Waals surface area (Å²) in [6, 6.07) is 7.35. The van der Waals surface area contributed by atoms with E-state index in [1.807, 2.05) is 32.0 Å². The molecule has 1 amide bonds. The van der Waals surface area contributed by atoms with Crippen LogP contribution in [0.15, 0.2) is 24.3 Å². The average molecular weight is 250 g/mol. The number of amides is 1. The highest BCUT2D eigenvalue weighted by molar-refractivity contribution is 5.80. The molecular weight excluding hydrogens is 228 g/mol. The lowest BCUT2D eigenvalue weighted by atomic mass is 9.94. The van der Waals surface area contributed by atoms with Crippen LogP contribution in [0.1, 0.15) is 32.3 Å². The van der Waals surface area contributed by atoms with Gasteiger partial charge in [-0.25, -0.2) is 0 Å². The summed E-state index contributed by atoms with van der Waals surface area (Å²) in [7, 11) is 0. The van der Waals surface area contributed by atoms with Gasteiger partial charge in [0.15, 0.2) is 0 Å². The van der Waals surface area contributed by atoms with Crippen LogP contribution < -0.4 is 11.1 Å². The zero-order valence-electron chi connectivity index (χ0n) is 11.1. The van der Waals surface area contributed by atoms with Crippen LogP contribution in [0.25, 0.3) is 0 Å². The van der Waals surface area contributed by atoms with E-state index in [2.05, 4.69) is 5.32 Å². The van der Waals surface area contributed by atoms with Gasteiger partial charge < -0.3 is 16.2 Å². The van der Waals surface area contributed by atoms with Crippen LogP contribution in [0.5, 0.6) is 0 Å². The Morgan fingerprint density at radius 1 is 1.44 bits per heavy atom. The second kappa shape index (κ2) is 6.40. The van der Waals surface area contributed by atoms with E-state index in [0.29, 0.717) is 12.1 Å². The Morgan fingerprint density at radius 3 is 2.67 bits per heavy atom. The van der Waals surface area contributed by atoms with E-state index in [4.69, 9.17) is 10.8 Å². The quantitative estimate of drug-likeness (QED) is 0.669. The molecule has 1 unspecified atom stereocenters. The minimum atomic E-state index is -0.352. The SMILES string of the molecule is CCC(C)(CCO)NC(=O)Cc1ccccc1N. The van der Waals surface area contributed by atoms with Crippen molar-refractivity contribution in [3.8, 4) is 0 Å². The second-order valence-electron chi connectivity index (χ2n) is 4.81. The third-order valence-electron chi connectivity index (χ3n) is 3.29. The summed E-state index contributed by atoms with van der Waals surface area (Å²) in [5.74, 6) is -0.0642. The fourth-order valence-corrected chi connectivity index (χ4v) is 1.82. The molecule has 1 aromatic rings. The Balaban J connectivity index is 2.64. The Hall–Kier alpha value is -1.55. The Kier molecular flexibility index (Phi) is 5.16. The Bertz CT molecular complexity index is 407. The largest absolute Gasteiger partial charge is 0.398 e. The third kappa shape index (κ3) is 4.04. The molecule has 1 atom stereocenters. The van der Waals surface area contributed by atoms with Crippen LogP contribution in [0.2, 0.25) is 0 Å². The number of nitrogens with one attached hydrogen (secondary N) is 1. The topological polar surface area (TPSA) is 75.3 Å². The van der Waals surface area contributed by atoms with Crippen LogP contribution in [-0.2, 0) is 11.2 Å². The monoisotopic (exact) mass is 250 g/mol. The zero-order chi connectivity index (χ0) is 13.6. The summed E-state index contributed by atoms with van der Waals surface area (Å²) in [6.07, 6.45) is 1.61. The van der Waals surface area contributed by atoms with Crippen molar-refractivity contribution in [2.75, 3.05) is 12.3 Å². The van der Waals surface area contributed by atoms with Gasteiger partial charge in [0, 0.05) is 17.8 Å². The second-order valence-corrected chi connectivity index (χ2v) is 4.81. The standard InChI is InChI=1S/C14H22N2O2/c1-3-14(2,8-9-17)16-13(18)10-11-6-4-5-7-12(11)15/h4-7,17H,3,8-10,15H2,1-2H3,(H,16,18). The van der Waals surface area contributed by atoms with Crippen molar-refractivity contribution in [3.63, 3.8) is 0 Å². The number of benzene rings is 1. The van der Waals surface area contributed by atoms with E-state index in [1.54, 1.807) is 6.07 Å². The maximum absolute atomic E-state index is 12.0. The number of aliphatic hydroxyl groups is 1. The highest BCUT2D eigenvalue weighted by atomic mass is 16.3. The molecule has 0 heterocycles. The van der Waals surface area contributed by atoms with Crippen LogP contribution in [0, 0.1) is 0 Å². The van der Waals surface area contributed by atoms with Gasteiger partial charge in [-0.05, 0) is 31.4 Å². The van der Waals surface area contributed by atoms with Crippen molar-refractivity contribution < 1.29 is 9.90 Å². The Morgan fingerprint density at radius 2 is 2.11 bits per heavy atom. The van der Waals surface area contributed by atoms with E-state index < -0.39 is 0 Å². The molecule has 0 aliphatic rings.